The van der Waals surface area contributed by atoms with Crippen molar-refractivity contribution in [2.24, 2.45) is 17.6 Å². The zero-order chi connectivity index (χ0) is 13.7. The van der Waals surface area contributed by atoms with E-state index in [1.54, 1.807) is 0 Å². The van der Waals surface area contributed by atoms with E-state index >= 15 is 0 Å². The van der Waals surface area contributed by atoms with E-state index in [-0.39, 0.29) is 11.8 Å². The van der Waals surface area contributed by atoms with Crippen LogP contribution in [0.2, 0.25) is 0 Å². The predicted molar refractivity (Wildman–Crippen MR) is 72.5 cm³/mol. The first-order valence-corrected chi connectivity index (χ1v) is 7.42. The van der Waals surface area contributed by atoms with Gasteiger partial charge in [-0.15, -0.1) is 0 Å². The molecule has 1 aliphatic heterocycles. The van der Waals surface area contributed by atoms with Gasteiger partial charge in [-0.1, -0.05) is 12.8 Å². The van der Waals surface area contributed by atoms with Crippen molar-refractivity contribution < 1.29 is 14.6 Å². The summed E-state index contributed by atoms with van der Waals surface area (Å²) >= 11 is 0. The molecule has 0 bridgehead atoms. The average molecular weight is 270 g/mol. The van der Waals surface area contributed by atoms with Crippen molar-refractivity contribution in [3.63, 3.8) is 0 Å². The minimum atomic E-state index is -0.791. The molecule has 1 amide bonds. The fourth-order valence-corrected chi connectivity index (χ4v) is 3.15. The second-order valence-corrected chi connectivity index (χ2v) is 5.94. The smallest absolute Gasteiger partial charge is 0.223 e. The van der Waals surface area contributed by atoms with Crippen molar-refractivity contribution >= 4 is 5.91 Å². The molecule has 19 heavy (non-hydrogen) atoms. The van der Waals surface area contributed by atoms with Gasteiger partial charge in [-0.05, 0) is 25.3 Å². The monoisotopic (exact) mass is 270 g/mol. The predicted octanol–water partition coefficient (Wildman–Crippen LogP) is 0.409. The molecule has 2 fully saturated rings. The zero-order valence-corrected chi connectivity index (χ0v) is 11.6. The maximum atomic E-state index is 12.2. The van der Waals surface area contributed by atoms with Crippen LogP contribution in [0.4, 0.5) is 0 Å². The van der Waals surface area contributed by atoms with E-state index in [1.807, 2.05) is 0 Å². The largest absolute Gasteiger partial charge is 0.388 e. The number of carbonyl (C=O) groups excluding carboxylic acids is 1. The lowest BCUT2D eigenvalue weighted by molar-refractivity contribution is -0.130. The maximum absolute atomic E-state index is 12.2. The molecule has 1 saturated carbocycles. The van der Waals surface area contributed by atoms with E-state index in [1.165, 1.54) is 6.42 Å². The van der Waals surface area contributed by atoms with E-state index in [0.717, 1.165) is 19.3 Å². The van der Waals surface area contributed by atoms with Gasteiger partial charge in [0.15, 0.2) is 0 Å². The first kappa shape index (κ1) is 14.8. The van der Waals surface area contributed by atoms with Gasteiger partial charge >= 0.3 is 0 Å². The average Bonchev–Trinajstić information content (AvgIpc) is 2.45. The molecule has 1 saturated heterocycles. The van der Waals surface area contributed by atoms with Gasteiger partial charge in [0.1, 0.15) is 0 Å². The van der Waals surface area contributed by atoms with Gasteiger partial charge in [0.05, 0.1) is 5.60 Å². The molecule has 0 spiro atoms. The van der Waals surface area contributed by atoms with Crippen LogP contribution >= 0.6 is 0 Å². The summed E-state index contributed by atoms with van der Waals surface area (Å²) < 4.78 is 5.23. The van der Waals surface area contributed by atoms with Crippen molar-refractivity contribution in [2.45, 2.75) is 44.1 Å². The SMILES string of the molecule is NCC1CCCCC1C(=O)NCC1(O)CCOCC1. The summed E-state index contributed by atoms with van der Waals surface area (Å²) in [6, 6.07) is 0. The van der Waals surface area contributed by atoms with Crippen molar-refractivity contribution in [2.75, 3.05) is 26.3 Å². The fourth-order valence-electron chi connectivity index (χ4n) is 3.15. The van der Waals surface area contributed by atoms with Crippen molar-refractivity contribution in [1.29, 1.82) is 0 Å². The van der Waals surface area contributed by atoms with Gasteiger partial charge in [0, 0.05) is 38.5 Å². The van der Waals surface area contributed by atoms with Crippen LogP contribution in [0.5, 0.6) is 0 Å². The molecule has 110 valence electrons. The highest BCUT2D eigenvalue weighted by Crippen LogP contribution is 2.29. The first-order chi connectivity index (χ1) is 9.14. The normalized spacial score (nSPS) is 30.8. The van der Waals surface area contributed by atoms with Crippen LogP contribution in [0.25, 0.3) is 0 Å². The number of hydrogen-bond acceptors (Lipinski definition) is 4. The van der Waals surface area contributed by atoms with Crippen LogP contribution in [0.3, 0.4) is 0 Å². The number of carbonyl (C=O) groups is 1. The van der Waals surface area contributed by atoms with E-state index < -0.39 is 5.60 Å². The second-order valence-electron chi connectivity index (χ2n) is 5.94. The molecule has 5 nitrogen and oxygen atoms in total. The van der Waals surface area contributed by atoms with Crippen molar-refractivity contribution in [3.05, 3.63) is 0 Å². The topological polar surface area (TPSA) is 84.6 Å². The van der Waals surface area contributed by atoms with E-state index in [4.69, 9.17) is 10.5 Å². The van der Waals surface area contributed by atoms with Crippen LogP contribution in [0, 0.1) is 11.8 Å². The Morgan fingerprint density at radius 3 is 2.68 bits per heavy atom. The summed E-state index contributed by atoms with van der Waals surface area (Å²) in [6.45, 7) is 2.06. The first-order valence-electron chi connectivity index (χ1n) is 7.42. The number of hydrogen-bond donors (Lipinski definition) is 3. The molecule has 0 aromatic rings. The van der Waals surface area contributed by atoms with Crippen LogP contribution in [0.15, 0.2) is 0 Å². The molecule has 0 aromatic heterocycles. The second kappa shape index (κ2) is 6.68. The summed E-state index contributed by atoms with van der Waals surface area (Å²) in [7, 11) is 0. The third-order valence-corrected chi connectivity index (χ3v) is 4.56. The van der Waals surface area contributed by atoms with Crippen LogP contribution in [0.1, 0.15) is 38.5 Å². The number of amides is 1. The quantitative estimate of drug-likeness (QED) is 0.691. The fraction of sp³-hybridized carbons (Fsp3) is 0.929. The molecule has 0 radical (unpaired) electrons. The van der Waals surface area contributed by atoms with E-state index in [0.29, 0.717) is 45.1 Å². The molecule has 0 aromatic carbocycles. The Hall–Kier alpha value is -0.650. The molecule has 2 atom stereocenters. The highest BCUT2D eigenvalue weighted by atomic mass is 16.5. The highest BCUT2D eigenvalue weighted by Gasteiger charge is 2.33. The molecule has 1 heterocycles. The van der Waals surface area contributed by atoms with Crippen LogP contribution < -0.4 is 11.1 Å². The molecule has 2 aliphatic rings. The summed E-state index contributed by atoms with van der Waals surface area (Å²) in [5.74, 6) is 0.398. The Kier molecular flexibility index (Phi) is 5.19. The minimum Gasteiger partial charge on any atom is -0.388 e. The lowest BCUT2D eigenvalue weighted by atomic mass is 9.78. The van der Waals surface area contributed by atoms with Gasteiger partial charge in [-0.2, -0.15) is 0 Å². The Morgan fingerprint density at radius 1 is 1.32 bits per heavy atom. The maximum Gasteiger partial charge on any atom is 0.223 e. The summed E-state index contributed by atoms with van der Waals surface area (Å²) in [5, 5.41) is 13.2. The lowest BCUT2D eigenvalue weighted by Crippen LogP contribution is -2.49. The number of ether oxygens (including phenoxy) is 1. The van der Waals surface area contributed by atoms with Crippen molar-refractivity contribution in [3.8, 4) is 0 Å². The number of rotatable bonds is 4. The summed E-state index contributed by atoms with van der Waals surface area (Å²) in [4.78, 5) is 12.2. The molecular weight excluding hydrogens is 244 g/mol. The Labute approximate surface area is 114 Å². The van der Waals surface area contributed by atoms with Gasteiger partial charge in [-0.25, -0.2) is 0 Å². The van der Waals surface area contributed by atoms with Gasteiger partial charge in [0.25, 0.3) is 0 Å². The Morgan fingerprint density at radius 2 is 2.00 bits per heavy atom. The zero-order valence-electron chi connectivity index (χ0n) is 11.6. The molecular formula is C14H26N2O3. The highest BCUT2D eigenvalue weighted by molar-refractivity contribution is 5.79. The summed E-state index contributed by atoms with van der Waals surface area (Å²) in [5.41, 5.74) is 4.96. The minimum absolute atomic E-state index is 0.0298. The molecule has 1 aliphatic carbocycles. The van der Waals surface area contributed by atoms with Gasteiger partial charge < -0.3 is 20.9 Å². The third-order valence-electron chi connectivity index (χ3n) is 4.56. The summed E-state index contributed by atoms with van der Waals surface area (Å²) in [6.07, 6.45) is 5.44. The van der Waals surface area contributed by atoms with E-state index in [2.05, 4.69) is 5.32 Å². The van der Waals surface area contributed by atoms with Gasteiger partial charge in [-0.3, -0.25) is 4.79 Å². The standard InChI is InChI=1S/C14H26N2O3/c15-9-11-3-1-2-4-12(11)13(17)16-10-14(18)5-7-19-8-6-14/h11-12,18H,1-10,15H2,(H,16,17). The Balaban J connectivity index is 1.82. The Bertz CT molecular complexity index is 303. The van der Waals surface area contributed by atoms with E-state index in [9.17, 15) is 9.90 Å². The van der Waals surface area contributed by atoms with Crippen LogP contribution in [-0.4, -0.2) is 42.9 Å². The molecule has 4 N–H and O–H groups in total. The van der Waals surface area contributed by atoms with Gasteiger partial charge in [0.2, 0.25) is 5.91 Å². The number of nitrogens with one attached hydrogen (secondary N) is 1. The lowest BCUT2D eigenvalue weighted by Gasteiger charge is -2.34. The number of nitrogens with two attached hydrogens (primary N) is 1. The van der Waals surface area contributed by atoms with Crippen molar-refractivity contribution in [1.82, 2.24) is 5.32 Å². The van der Waals surface area contributed by atoms with Crippen LogP contribution in [-0.2, 0) is 9.53 Å². The third kappa shape index (κ3) is 3.91. The molecule has 2 unspecified atom stereocenters. The molecule has 2 rings (SSSR count). The molecule has 5 heteroatoms. The number of aliphatic hydroxyl groups is 1.